The Balaban J connectivity index is 2.65. The molecule has 0 aliphatic rings. The van der Waals surface area contributed by atoms with Gasteiger partial charge >= 0.3 is 0 Å². The van der Waals surface area contributed by atoms with Gasteiger partial charge in [0.2, 0.25) is 0 Å². The van der Waals surface area contributed by atoms with Crippen LogP contribution in [0.3, 0.4) is 0 Å². The minimum Gasteiger partial charge on any atom is -0.389 e. The van der Waals surface area contributed by atoms with Crippen molar-refractivity contribution in [2.24, 2.45) is 5.73 Å². The number of halogens is 1. The summed E-state index contributed by atoms with van der Waals surface area (Å²) in [5, 5.41) is 4.35. The van der Waals surface area contributed by atoms with E-state index in [9.17, 15) is 0 Å². The summed E-state index contributed by atoms with van der Waals surface area (Å²) in [5.74, 6) is 0. The van der Waals surface area contributed by atoms with E-state index in [4.69, 9.17) is 18.0 Å². The molecule has 82 valence electrons. The van der Waals surface area contributed by atoms with Crippen LogP contribution >= 0.6 is 28.1 Å². The molecule has 0 spiro atoms. The standard InChI is InChI=1S/C11H10BrN3S/c1-7-5-6-15(14-7)9-4-2-3-8(12)10(9)11(13)16/h2-6H,1H3,(H2,13,16). The molecule has 0 unspecified atom stereocenters. The highest BCUT2D eigenvalue weighted by molar-refractivity contribution is 9.10. The summed E-state index contributed by atoms with van der Waals surface area (Å²) in [6, 6.07) is 7.71. The number of thiocarbonyl (C=S) groups is 1. The van der Waals surface area contributed by atoms with Crippen LogP contribution in [-0.4, -0.2) is 14.8 Å². The summed E-state index contributed by atoms with van der Waals surface area (Å²) in [4.78, 5) is 0.357. The van der Waals surface area contributed by atoms with Gasteiger partial charge in [0.1, 0.15) is 4.99 Å². The van der Waals surface area contributed by atoms with Crippen LogP contribution in [0.1, 0.15) is 11.3 Å². The molecule has 2 aromatic rings. The van der Waals surface area contributed by atoms with Crippen LogP contribution in [0.4, 0.5) is 0 Å². The van der Waals surface area contributed by atoms with Crippen molar-refractivity contribution in [1.82, 2.24) is 9.78 Å². The number of benzene rings is 1. The van der Waals surface area contributed by atoms with E-state index in [1.165, 1.54) is 0 Å². The molecule has 0 fully saturated rings. The molecule has 1 aromatic heterocycles. The topological polar surface area (TPSA) is 43.8 Å². The Morgan fingerprint density at radius 2 is 2.19 bits per heavy atom. The van der Waals surface area contributed by atoms with Gasteiger partial charge in [0, 0.05) is 16.2 Å². The number of hydrogen-bond donors (Lipinski definition) is 1. The highest BCUT2D eigenvalue weighted by atomic mass is 79.9. The van der Waals surface area contributed by atoms with Gasteiger partial charge in [-0.25, -0.2) is 4.68 Å². The molecular weight excluding hydrogens is 286 g/mol. The average molecular weight is 296 g/mol. The third-order valence-electron chi connectivity index (χ3n) is 2.21. The Labute approximate surface area is 107 Å². The molecule has 0 amide bonds. The number of nitrogens with two attached hydrogens (primary N) is 1. The Morgan fingerprint density at radius 1 is 1.44 bits per heavy atom. The summed E-state index contributed by atoms with van der Waals surface area (Å²) < 4.78 is 2.65. The molecule has 0 saturated carbocycles. The van der Waals surface area contributed by atoms with Crippen LogP contribution in [0, 0.1) is 6.92 Å². The van der Waals surface area contributed by atoms with Gasteiger partial charge in [0.15, 0.2) is 0 Å². The molecule has 3 nitrogen and oxygen atoms in total. The predicted molar refractivity (Wildman–Crippen MR) is 71.9 cm³/mol. The van der Waals surface area contributed by atoms with E-state index in [0.717, 1.165) is 21.4 Å². The fourth-order valence-electron chi connectivity index (χ4n) is 1.50. The van der Waals surface area contributed by atoms with Gasteiger partial charge < -0.3 is 5.73 Å². The average Bonchev–Trinajstić information content (AvgIpc) is 2.63. The van der Waals surface area contributed by atoms with Crippen molar-refractivity contribution in [3.63, 3.8) is 0 Å². The Hall–Kier alpha value is -1.20. The Bertz CT molecular complexity index is 548. The number of aryl methyl sites for hydroxylation is 1. The van der Waals surface area contributed by atoms with Crippen LogP contribution in [0.5, 0.6) is 0 Å². The lowest BCUT2D eigenvalue weighted by molar-refractivity contribution is 0.860. The lowest BCUT2D eigenvalue weighted by Crippen LogP contribution is -2.14. The molecule has 1 heterocycles. The Morgan fingerprint density at radius 3 is 2.75 bits per heavy atom. The summed E-state index contributed by atoms with van der Waals surface area (Å²) in [7, 11) is 0. The highest BCUT2D eigenvalue weighted by Gasteiger charge is 2.11. The maximum absolute atomic E-state index is 5.72. The number of nitrogens with zero attached hydrogens (tertiary/aromatic N) is 2. The van der Waals surface area contributed by atoms with Gasteiger partial charge in [-0.1, -0.05) is 18.3 Å². The third-order valence-corrected chi connectivity index (χ3v) is 3.07. The first kappa shape index (κ1) is 11.3. The van der Waals surface area contributed by atoms with Gasteiger partial charge in [-0.15, -0.1) is 0 Å². The van der Waals surface area contributed by atoms with Crippen molar-refractivity contribution in [3.05, 3.63) is 46.2 Å². The molecular formula is C11H10BrN3S. The van der Waals surface area contributed by atoms with E-state index in [-0.39, 0.29) is 0 Å². The zero-order chi connectivity index (χ0) is 11.7. The molecule has 0 saturated heterocycles. The van der Waals surface area contributed by atoms with E-state index >= 15 is 0 Å². The molecule has 2 rings (SSSR count). The summed E-state index contributed by atoms with van der Waals surface area (Å²) in [6.45, 7) is 1.94. The van der Waals surface area contributed by atoms with E-state index in [2.05, 4.69) is 21.0 Å². The van der Waals surface area contributed by atoms with Gasteiger partial charge in [-0.2, -0.15) is 5.10 Å². The fraction of sp³-hybridized carbons (Fsp3) is 0.0909. The first-order valence-electron chi connectivity index (χ1n) is 4.70. The van der Waals surface area contributed by atoms with Crippen molar-refractivity contribution >= 4 is 33.1 Å². The van der Waals surface area contributed by atoms with Crippen molar-refractivity contribution < 1.29 is 0 Å². The van der Waals surface area contributed by atoms with Crippen LogP contribution in [0.2, 0.25) is 0 Å². The second kappa shape index (κ2) is 4.35. The maximum atomic E-state index is 5.72. The summed E-state index contributed by atoms with van der Waals surface area (Å²) in [5.41, 5.74) is 8.36. The molecule has 5 heteroatoms. The smallest absolute Gasteiger partial charge is 0.107 e. The lowest BCUT2D eigenvalue weighted by Gasteiger charge is -2.09. The minimum absolute atomic E-state index is 0.357. The molecule has 0 bridgehead atoms. The zero-order valence-electron chi connectivity index (χ0n) is 8.64. The van der Waals surface area contributed by atoms with E-state index in [0.29, 0.717) is 4.99 Å². The SMILES string of the molecule is Cc1ccn(-c2cccc(Br)c2C(N)=S)n1. The first-order chi connectivity index (χ1) is 7.59. The van der Waals surface area contributed by atoms with Crippen molar-refractivity contribution in [3.8, 4) is 5.69 Å². The summed E-state index contributed by atoms with van der Waals surface area (Å²) in [6.07, 6.45) is 1.89. The predicted octanol–water partition coefficient (Wildman–Crippen LogP) is 2.58. The second-order valence-electron chi connectivity index (χ2n) is 3.40. The quantitative estimate of drug-likeness (QED) is 0.866. The van der Waals surface area contributed by atoms with Gasteiger partial charge in [0.05, 0.1) is 11.4 Å². The molecule has 0 aliphatic heterocycles. The largest absolute Gasteiger partial charge is 0.389 e. The highest BCUT2D eigenvalue weighted by Crippen LogP contribution is 2.23. The molecule has 0 aliphatic carbocycles. The number of aromatic nitrogens is 2. The lowest BCUT2D eigenvalue weighted by atomic mass is 10.2. The molecule has 2 N–H and O–H groups in total. The van der Waals surface area contributed by atoms with Crippen molar-refractivity contribution in [2.75, 3.05) is 0 Å². The molecule has 1 aromatic carbocycles. The first-order valence-corrected chi connectivity index (χ1v) is 5.90. The third kappa shape index (κ3) is 2.01. The van der Waals surface area contributed by atoms with E-state index < -0.39 is 0 Å². The zero-order valence-corrected chi connectivity index (χ0v) is 11.0. The minimum atomic E-state index is 0.357. The van der Waals surface area contributed by atoms with Crippen molar-refractivity contribution in [1.29, 1.82) is 0 Å². The normalized spacial score (nSPS) is 10.4. The monoisotopic (exact) mass is 295 g/mol. The van der Waals surface area contributed by atoms with Crippen LogP contribution in [-0.2, 0) is 0 Å². The van der Waals surface area contributed by atoms with Crippen LogP contribution in [0.25, 0.3) is 5.69 Å². The number of rotatable bonds is 2. The maximum Gasteiger partial charge on any atom is 0.107 e. The van der Waals surface area contributed by atoms with Crippen molar-refractivity contribution in [2.45, 2.75) is 6.92 Å². The molecule has 0 radical (unpaired) electrons. The van der Waals surface area contributed by atoms with Gasteiger partial charge in [-0.05, 0) is 41.1 Å². The molecule has 16 heavy (non-hydrogen) atoms. The van der Waals surface area contributed by atoms with Crippen LogP contribution in [0.15, 0.2) is 34.9 Å². The van der Waals surface area contributed by atoms with Crippen LogP contribution < -0.4 is 5.73 Å². The van der Waals surface area contributed by atoms with E-state index in [1.54, 1.807) is 4.68 Å². The van der Waals surface area contributed by atoms with E-state index in [1.807, 2.05) is 37.4 Å². The number of hydrogen-bond acceptors (Lipinski definition) is 2. The summed E-state index contributed by atoms with van der Waals surface area (Å²) >= 11 is 8.49. The fourth-order valence-corrected chi connectivity index (χ4v) is 2.41. The second-order valence-corrected chi connectivity index (χ2v) is 4.69. The molecule has 0 atom stereocenters. The van der Waals surface area contributed by atoms with Gasteiger partial charge in [-0.3, -0.25) is 0 Å². The van der Waals surface area contributed by atoms with Gasteiger partial charge in [0.25, 0.3) is 0 Å². The Kier molecular flexibility index (Phi) is 3.07.